The molecule has 2 rings (SSSR count). The Kier molecular flexibility index (Phi) is 12.1. The summed E-state index contributed by atoms with van der Waals surface area (Å²) < 4.78 is 33.3. The third-order valence-corrected chi connectivity index (χ3v) is 7.02. The van der Waals surface area contributed by atoms with E-state index in [1.165, 1.54) is 18.9 Å². The van der Waals surface area contributed by atoms with E-state index < -0.39 is 38.5 Å². The van der Waals surface area contributed by atoms with Crippen LogP contribution in [0, 0.1) is 5.41 Å². The number of hydroxylamine groups is 2. The first-order chi connectivity index (χ1) is 17.9. The molecule has 2 aromatic carbocycles. The molecule has 1 amide bonds. The van der Waals surface area contributed by atoms with E-state index in [4.69, 9.17) is 23.4 Å². The predicted octanol–water partition coefficient (Wildman–Crippen LogP) is 5.32. The molecule has 208 valence electrons. The quantitative estimate of drug-likeness (QED) is 0.134. The monoisotopic (exact) mass is 549 g/mol. The van der Waals surface area contributed by atoms with E-state index in [1.54, 1.807) is 20.8 Å². The molecule has 38 heavy (non-hydrogen) atoms. The van der Waals surface area contributed by atoms with E-state index in [0.717, 1.165) is 16.7 Å². The second kappa shape index (κ2) is 14.8. The van der Waals surface area contributed by atoms with Crippen LogP contribution in [-0.4, -0.2) is 49.2 Å². The molecule has 0 aliphatic heterocycles. The molecular formula is C27H36NO9P. The van der Waals surface area contributed by atoms with Crippen molar-refractivity contribution in [2.45, 2.75) is 47.6 Å². The van der Waals surface area contributed by atoms with Crippen LogP contribution in [0.3, 0.4) is 0 Å². The molecule has 0 aliphatic rings. The first-order valence-corrected chi connectivity index (χ1v) is 13.9. The number of hydrogen-bond acceptors (Lipinski definition) is 9. The van der Waals surface area contributed by atoms with Crippen molar-refractivity contribution in [3.05, 3.63) is 60.2 Å². The smallest absolute Gasteiger partial charge is 0.336 e. The van der Waals surface area contributed by atoms with Gasteiger partial charge in [-0.25, -0.2) is 5.06 Å². The molecular weight excluding hydrogens is 513 g/mol. The highest BCUT2D eigenvalue weighted by atomic mass is 31.2. The molecule has 0 aromatic heterocycles. The molecule has 0 saturated carbocycles. The van der Waals surface area contributed by atoms with Crippen LogP contribution < -0.4 is 0 Å². The van der Waals surface area contributed by atoms with E-state index in [1.807, 2.05) is 54.6 Å². The molecule has 0 bridgehead atoms. The minimum atomic E-state index is -3.83. The first-order valence-electron chi connectivity index (χ1n) is 12.1. The van der Waals surface area contributed by atoms with Crippen LogP contribution in [0.4, 0.5) is 0 Å². The summed E-state index contributed by atoms with van der Waals surface area (Å²) in [6.07, 6.45) is 0.0390. The maximum Gasteiger partial charge on any atom is 0.336 e. The van der Waals surface area contributed by atoms with Gasteiger partial charge in [0.05, 0.1) is 11.6 Å². The minimum absolute atomic E-state index is 0.101. The fraction of sp³-hybridized carbons (Fsp3) is 0.444. The second-order valence-electron chi connectivity index (χ2n) is 9.46. The Hall–Kier alpha value is -3.04. The van der Waals surface area contributed by atoms with Gasteiger partial charge in [-0.3, -0.25) is 32.8 Å². The summed E-state index contributed by atoms with van der Waals surface area (Å²) in [6.45, 7) is 6.61. The van der Waals surface area contributed by atoms with E-state index in [-0.39, 0.29) is 31.6 Å². The van der Waals surface area contributed by atoms with E-state index in [2.05, 4.69) is 0 Å². The number of carbonyl (C=O) groups excluding carboxylic acids is 3. The van der Waals surface area contributed by atoms with Gasteiger partial charge in [-0.2, -0.15) is 0 Å². The Bertz CT molecular complexity index is 1100. The van der Waals surface area contributed by atoms with Crippen LogP contribution >= 0.6 is 7.60 Å². The normalized spacial score (nSPS) is 12.9. The SMILES string of the molecule is CC(=O)OCOP(=O)(CCCN(OCc1ccc(-c2ccccc2)cc1)C(C)=O)OCOC(=O)C(C)(C)C. The third-order valence-electron chi connectivity index (χ3n) is 5.16. The van der Waals surface area contributed by atoms with Gasteiger partial charge in [-0.05, 0) is 43.9 Å². The summed E-state index contributed by atoms with van der Waals surface area (Å²) >= 11 is 0. The molecule has 0 radical (unpaired) electrons. The lowest BCUT2D eigenvalue weighted by atomic mass is 9.98. The highest BCUT2D eigenvalue weighted by Gasteiger charge is 2.28. The fourth-order valence-electron chi connectivity index (χ4n) is 3.03. The number of amides is 1. The van der Waals surface area contributed by atoms with Gasteiger partial charge in [-0.15, -0.1) is 0 Å². The van der Waals surface area contributed by atoms with Crippen LogP contribution in [0.5, 0.6) is 0 Å². The molecule has 1 atom stereocenters. The molecule has 0 aliphatic carbocycles. The highest BCUT2D eigenvalue weighted by molar-refractivity contribution is 7.53. The van der Waals surface area contributed by atoms with Gasteiger partial charge in [0.1, 0.15) is 6.61 Å². The Morgan fingerprint density at radius 3 is 1.97 bits per heavy atom. The van der Waals surface area contributed by atoms with Crippen LogP contribution in [0.1, 0.15) is 46.6 Å². The largest absolute Gasteiger partial charge is 0.438 e. The molecule has 10 nitrogen and oxygen atoms in total. The lowest BCUT2D eigenvalue weighted by Gasteiger charge is -2.23. The Morgan fingerprint density at radius 1 is 0.842 bits per heavy atom. The van der Waals surface area contributed by atoms with Gasteiger partial charge in [0.25, 0.3) is 0 Å². The summed E-state index contributed by atoms with van der Waals surface area (Å²) in [5, 5.41) is 1.17. The topological polar surface area (TPSA) is 118 Å². The number of rotatable bonds is 14. The van der Waals surface area contributed by atoms with Crippen molar-refractivity contribution in [3.8, 4) is 11.1 Å². The highest BCUT2D eigenvalue weighted by Crippen LogP contribution is 2.48. The third kappa shape index (κ3) is 11.1. The van der Waals surface area contributed by atoms with Crippen molar-refractivity contribution in [2.24, 2.45) is 5.41 Å². The molecule has 11 heteroatoms. The maximum atomic E-state index is 13.1. The van der Waals surface area contributed by atoms with Crippen LogP contribution in [0.2, 0.25) is 0 Å². The molecule has 0 saturated heterocycles. The summed E-state index contributed by atoms with van der Waals surface area (Å²) in [5.74, 6) is -1.50. The number of carbonyl (C=O) groups is 3. The Labute approximate surface area is 223 Å². The molecule has 2 aromatic rings. The number of esters is 2. The lowest BCUT2D eigenvalue weighted by molar-refractivity contribution is -0.189. The number of nitrogens with zero attached hydrogens (tertiary/aromatic N) is 1. The van der Waals surface area contributed by atoms with Gasteiger partial charge in [-0.1, -0.05) is 54.6 Å². The zero-order valence-electron chi connectivity index (χ0n) is 22.5. The fourth-order valence-corrected chi connectivity index (χ4v) is 4.32. The van der Waals surface area contributed by atoms with Gasteiger partial charge >= 0.3 is 19.5 Å². The summed E-state index contributed by atoms with van der Waals surface area (Å²) in [7, 11) is -3.83. The van der Waals surface area contributed by atoms with Crippen LogP contribution in [0.25, 0.3) is 11.1 Å². The number of benzene rings is 2. The Balaban J connectivity index is 1.91. The predicted molar refractivity (Wildman–Crippen MR) is 140 cm³/mol. The van der Waals surface area contributed by atoms with Crippen molar-refractivity contribution in [1.29, 1.82) is 0 Å². The van der Waals surface area contributed by atoms with Gasteiger partial charge in [0, 0.05) is 20.4 Å². The standard InChI is InChI=1S/C27H36NO9P/c1-21(29)28(35-18-23-12-14-25(15-13-23)24-10-7-6-8-11-24)16-9-17-38(32,36-19-33-22(2)30)37-20-34-26(31)27(3,4)5/h6-8,10-15H,9,16-20H2,1-5H3. The lowest BCUT2D eigenvalue weighted by Crippen LogP contribution is -2.30. The number of ether oxygens (including phenoxy) is 2. The molecule has 0 spiro atoms. The van der Waals surface area contributed by atoms with Crippen LogP contribution in [0.15, 0.2) is 54.6 Å². The minimum Gasteiger partial charge on any atom is -0.438 e. The summed E-state index contributed by atoms with van der Waals surface area (Å²) in [4.78, 5) is 40.8. The molecule has 0 fully saturated rings. The average Bonchev–Trinajstić information content (AvgIpc) is 2.86. The molecule has 0 N–H and O–H groups in total. The van der Waals surface area contributed by atoms with Gasteiger partial charge < -0.3 is 9.47 Å². The zero-order chi connectivity index (χ0) is 28.2. The van der Waals surface area contributed by atoms with Crippen molar-refractivity contribution < 1.29 is 42.3 Å². The second-order valence-corrected chi connectivity index (χ2v) is 11.6. The molecule has 1 unspecified atom stereocenters. The van der Waals surface area contributed by atoms with Crippen molar-refractivity contribution in [2.75, 3.05) is 26.3 Å². The summed E-state index contributed by atoms with van der Waals surface area (Å²) in [5.41, 5.74) is 2.26. The molecule has 0 heterocycles. The average molecular weight is 550 g/mol. The van der Waals surface area contributed by atoms with Gasteiger partial charge in [0.2, 0.25) is 19.5 Å². The van der Waals surface area contributed by atoms with E-state index in [9.17, 15) is 18.9 Å². The van der Waals surface area contributed by atoms with Crippen molar-refractivity contribution in [3.63, 3.8) is 0 Å². The van der Waals surface area contributed by atoms with E-state index in [0.29, 0.717) is 0 Å². The number of hydrogen-bond donors (Lipinski definition) is 0. The van der Waals surface area contributed by atoms with Crippen molar-refractivity contribution >= 4 is 25.4 Å². The van der Waals surface area contributed by atoms with Crippen molar-refractivity contribution in [1.82, 2.24) is 5.06 Å². The summed E-state index contributed by atoms with van der Waals surface area (Å²) in [6, 6.07) is 17.8. The Morgan fingerprint density at radius 2 is 1.42 bits per heavy atom. The van der Waals surface area contributed by atoms with Gasteiger partial charge in [0.15, 0.2) is 0 Å². The van der Waals surface area contributed by atoms with Crippen LogP contribution in [-0.2, 0) is 48.9 Å². The maximum absolute atomic E-state index is 13.1. The zero-order valence-corrected chi connectivity index (χ0v) is 23.4. The first kappa shape index (κ1) is 31.2. The van der Waals surface area contributed by atoms with E-state index >= 15 is 0 Å².